The minimum Gasteiger partial charge on any atom is -0.289 e. The molecule has 0 spiro atoms. The second-order valence-corrected chi connectivity index (χ2v) is 9.63. The molecule has 0 bridgehead atoms. The van der Waals surface area contributed by atoms with E-state index in [0.29, 0.717) is 0 Å². The van der Waals surface area contributed by atoms with Crippen molar-refractivity contribution in [2.45, 2.75) is 66.2 Å². The van der Waals surface area contributed by atoms with E-state index in [9.17, 15) is 5.11 Å². The Kier molecular flexibility index (Phi) is 4.88. The van der Waals surface area contributed by atoms with Gasteiger partial charge in [-0.25, -0.2) is 0 Å². The third-order valence-corrected chi connectivity index (χ3v) is 5.08. The van der Waals surface area contributed by atoms with Crippen LogP contribution in [-0.2, 0) is 15.9 Å². The first-order valence-corrected chi connectivity index (χ1v) is 9.16. The van der Waals surface area contributed by atoms with Crippen LogP contribution in [0.2, 0.25) is 0 Å². The number of hydrogen-bond donors (Lipinski definition) is 0. The molecule has 2 heteroatoms. The first-order valence-electron chi connectivity index (χ1n) is 8.34. The second kappa shape index (κ2) is 6.30. The third-order valence-electron chi connectivity index (χ3n) is 4.11. The molecule has 24 heavy (non-hydrogen) atoms. The van der Waals surface area contributed by atoms with Crippen molar-refractivity contribution in [1.29, 1.82) is 0 Å². The van der Waals surface area contributed by atoms with Gasteiger partial charge in [0.2, 0.25) is 0 Å². The maximum atomic E-state index is 13.0. The van der Waals surface area contributed by atoms with E-state index in [1.807, 2.05) is 6.92 Å². The van der Waals surface area contributed by atoms with Crippen molar-refractivity contribution in [1.82, 2.24) is 0 Å². The van der Waals surface area contributed by atoms with Crippen molar-refractivity contribution < 1.29 is 5.11 Å². The van der Waals surface area contributed by atoms with Crippen LogP contribution in [0, 0.1) is 18.8 Å². The monoisotopic (exact) mass is 339 g/mol. The average Bonchev–Trinajstić information content (AvgIpc) is 2.77. The molecule has 0 fully saturated rings. The Balaban J connectivity index is 2.83. The maximum absolute atomic E-state index is 13.0. The lowest BCUT2D eigenvalue weighted by molar-refractivity contribution is 0.327. The summed E-state index contributed by atoms with van der Waals surface area (Å²) in [5.74, 6) is 6.40. The first kappa shape index (κ1) is 18.6. The Morgan fingerprint density at radius 2 is 1.42 bits per heavy atom. The van der Waals surface area contributed by atoms with E-state index in [0.717, 1.165) is 27.1 Å². The quantitative estimate of drug-likeness (QED) is 0.507. The zero-order valence-corrected chi connectivity index (χ0v) is 16.9. The van der Waals surface area contributed by atoms with Crippen molar-refractivity contribution in [3.8, 4) is 28.7 Å². The zero-order chi connectivity index (χ0) is 18.3. The molecule has 1 heterocycles. The van der Waals surface area contributed by atoms with Crippen LogP contribution in [0.3, 0.4) is 0 Å². The number of thiophene rings is 1. The predicted octanol–water partition coefficient (Wildman–Crippen LogP) is 6.83. The van der Waals surface area contributed by atoms with E-state index in [-0.39, 0.29) is 16.6 Å². The molecule has 0 amide bonds. The number of benzene rings is 1. The Hall–Kier alpha value is -1.72. The average molecular weight is 340 g/mol. The van der Waals surface area contributed by atoms with Gasteiger partial charge in [-0.15, -0.1) is 17.3 Å². The van der Waals surface area contributed by atoms with Gasteiger partial charge in [-0.3, -0.25) is 5.11 Å². The summed E-state index contributed by atoms with van der Waals surface area (Å²) in [4.78, 5) is 2.32. The van der Waals surface area contributed by atoms with Crippen LogP contribution in [0.15, 0.2) is 18.2 Å². The van der Waals surface area contributed by atoms with Crippen molar-refractivity contribution in [3.05, 3.63) is 39.1 Å². The highest BCUT2D eigenvalue weighted by atomic mass is 32.1. The van der Waals surface area contributed by atoms with Gasteiger partial charge in [0.15, 0.2) is 5.75 Å². The number of rotatable bonds is 1. The van der Waals surface area contributed by atoms with Gasteiger partial charge in [-0.05, 0) is 48.4 Å². The Bertz CT molecular complexity index is 779. The predicted molar refractivity (Wildman–Crippen MR) is 105 cm³/mol. The second-order valence-electron chi connectivity index (χ2n) is 8.38. The molecule has 127 valence electrons. The Morgan fingerprint density at radius 1 is 0.917 bits per heavy atom. The summed E-state index contributed by atoms with van der Waals surface area (Å²) in [6.07, 6.45) is 0. The maximum Gasteiger partial charge on any atom is 0.186 e. The lowest BCUT2D eigenvalue weighted by Crippen LogP contribution is -2.17. The lowest BCUT2D eigenvalue weighted by atomic mass is 9.78. The summed E-state index contributed by atoms with van der Waals surface area (Å²) in [6.45, 7) is 16.6. The summed E-state index contributed by atoms with van der Waals surface area (Å²) in [5.41, 5.74) is 3.63. The summed E-state index contributed by atoms with van der Waals surface area (Å²) in [7, 11) is 0. The highest BCUT2D eigenvalue weighted by molar-refractivity contribution is 7.13. The van der Waals surface area contributed by atoms with Gasteiger partial charge in [0.1, 0.15) is 0 Å². The Labute approximate surface area is 150 Å². The SMILES string of the molecule is CC#Cc1sc(C)cc1-c1cc(C(C)(C)C)c([O])c(C(C)(C)C)c1. The van der Waals surface area contributed by atoms with Gasteiger partial charge in [0.25, 0.3) is 0 Å². The molecule has 0 atom stereocenters. The van der Waals surface area contributed by atoms with E-state index in [1.165, 1.54) is 4.88 Å². The molecule has 1 aromatic carbocycles. The smallest absolute Gasteiger partial charge is 0.186 e. The van der Waals surface area contributed by atoms with Gasteiger partial charge in [-0.1, -0.05) is 47.5 Å². The van der Waals surface area contributed by atoms with Gasteiger partial charge in [0.05, 0.1) is 4.88 Å². The fraction of sp³-hybridized carbons (Fsp3) is 0.455. The normalized spacial score (nSPS) is 12.0. The molecule has 2 aromatic rings. The molecule has 0 saturated heterocycles. The van der Waals surface area contributed by atoms with Crippen molar-refractivity contribution >= 4 is 11.3 Å². The molecule has 1 nitrogen and oxygen atoms in total. The van der Waals surface area contributed by atoms with E-state index >= 15 is 0 Å². The van der Waals surface area contributed by atoms with E-state index in [1.54, 1.807) is 11.3 Å². The van der Waals surface area contributed by atoms with Crippen LogP contribution >= 0.6 is 11.3 Å². The molecule has 0 unspecified atom stereocenters. The molecule has 0 N–H and O–H groups in total. The highest BCUT2D eigenvalue weighted by Gasteiger charge is 2.28. The van der Waals surface area contributed by atoms with Crippen LogP contribution in [-0.4, -0.2) is 0 Å². The van der Waals surface area contributed by atoms with E-state index in [4.69, 9.17) is 0 Å². The van der Waals surface area contributed by atoms with Crippen LogP contribution in [0.5, 0.6) is 5.75 Å². The Morgan fingerprint density at radius 3 is 1.83 bits per heavy atom. The summed E-state index contributed by atoms with van der Waals surface area (Å²) >= 11 is 1.71. The summed E-state index contributed by atoms with van der Waals surface area (Å²) < 4.78 is 0. The summed E-state index contributed by atoms with van der Waals surface area (Å²) in [5, 5.41) is 13.0. The highest BCUT2D eigenvalue weighted by Crippen LogP contribution is 2.43. The molecule has 1 aromatic heterocycles. The minimum atomic E-state index is -0.186. The lowest BCUT2D eigenvalue weighted by Gasteiger charge is -2.27. The number of aryl methyl sites for hydroxylation is 1. The van der Waals surface area contributed by atoms with Crippen LogP contribution in [0.25, 0.3) is 11.1 Å². The van der Waals surface area contributed by atoms with E-state index < -0.39 is 0 Å². The van der Waals surface area contributed by atoms with Crippen molar-refractivity contribution in [3.63, 3.8) is 0 Å². The first-order chi connectivity index (χ1) is 10.9. The molecule has 2 rings (SSSR count). The molecular formula is C22H27OS. The van der Waals surface area contributed by atoms with Gasteiger partial charge in [0, 0.05) is 21.6 Å². The minimum absolute atomic E-state index is 0.175. The van der Waals surface area contributed by atoms with Crippen LogP contribution in [0.4, 0.5) is 0 Å². The molecule has 0 aliphatic rings. The largest absolute Gasteiger partial charge is 0.289 e. The van der Waals surface area contributed by atoms with Crippen molar-refractivity contribution in [2.24, 2.45) is 0 Å². The zero-order valence-electron chi connectivity index (χ0n) is 16.0. The van der Waals surface area contributed by atoms with Gasteiger partial charge in [-0.2, -0.15) is 0 Å². The fourth-order valence-electron chi connectivity index (χ4n) is 2.83. The van der Waals surface area contributed by atoms with Gasteiger partial charge < -0.3 is 0 Å². The molecule has 1 radical (unpaired) electrons. The van der Waals surface area contributed by atoms with Crippen molar-refractivity contribution in [2.75, 3.05) is 0 Å². The summed E-state index contributed by atoms with van der Waals surface area (Å²) in [6, 6.07) is 6.32. The molecular weight excluding hydrogens is 312 g/mol. The number of hydrogen-bond acceptors (Lipinski definition) is 1. The molecule has 0 aliphatic heterocycles. The third kappa shape index (κ3) is 3.68. The van der Waals surface area contributed by atoms with Crippen LogP contribution < -0.4 is 0 Å². The van der Waals surface area contributed by atoms with Gasteiger partial charge >= 0.3 is 0 Å². The topological polar surface area (TPSA) is 19.9 Å². The van der Waals surface area contributed by atoms with E-state index in [2.05, 4.69) is 78.5 Å². The molecule has 0 saturated carbocycles. The fourth-order valence-corrected chi connectivity index (χ4v) is 3.77. The van der Waals surface area contributed by atoms with Crippen LogP contribution in [0.1, 0.15) is 69.3 Å². The molecule has 0 aliphatic carbocycles. The standard InChI is InChI=1S/C22H27OS/c1-9-10-19-16(11-14(2)24-19)15-12-17(21(3,4)5)20(23)18(13-15)22(6,7)8/h11-13H,1-8H3.